The molecule has 2 N–H and O–H groups in total. The van der Waals surface area contributed by atoms with Crippen molar-refractivity contribution in [1.82, 2.24) is 0 Å². The van der Waals surface area contributed by atoms with Gasteiger partial charge in [0.05, 0.1) is 26.3 Å². The van der Waals surface area contributed by atoms with Crippen molar-refractivity contribution >= 4 is 39.1 Å². The third kappa shape index (κ3) is 4.16. The monoisotopic (exact) mass is 434 g/mol. The van der Waals surface area contributed by atoms with Gasteiger partial charge in [-0.3, -0.25) is 9.59 Å². The van der Waals surface area contributed by atoms with Crippen LogP contribution in [0.15, 0.2) is 34.8 Å². The van der Waals surface area contributed by atoms with Gasteiger partial charge in [-0.1, -0.05) is 15.9 Å². The average molecular weight is 435 g/mol. The number of carbonyl (C=O) groups is 2. The quantitative estimate of drug-likeness (QED) is 0.753. The number of benzene rings is 2. The summed E-state index contributed by atoms with van der Waals surface area (Å²) < 4.78 is 16.8. The first-order valence-corrected chi connectivity index (χ1v) is 9.02. The highest BCUT2D eigenvalue weighted by molar-refractivity contribution is 9.10. The Morgan fingerprint density at radius 3 is 2.63 bits per heavy atom. The number of halogens is 1. The van der Waals surface area contributed by atoms with E-state index in [1.807, 2.05) is 0 Å². The number of amides is 2. The van der Waals surface area contributed by atoms with Gasteiger partial charge in [0.1, 0.15) is 5.75 Å². The minimum absolute atomic E-state index is 0.137. The van der Waals surface area contributed by atoms with Gasteiger partial charge in [0, 0.05) is 10.2 Å². The van der Waals surface area contributed by atoms with Crippen molar-refractivity contribution in [1.29, 1.82) is 0 Å². The molecule has 0 radical (unpaired) electrons. The standard InChI is InChI=1S/C19H19BrN2O5/c1-10-19(24)22-14-8-12(4-5-15(14)27-10)21-18(23)7-11-6-16(25-2)17(26-3)9-13(11)20/h4-6,8-10H,7H2,1-3H3,(H,21,23)(H,22,24)/t10-/m1/s1. The van der Waals surface area contributed by atoms with Crippen LogP contribution in [0.1, 0.15) is 12.5 Å². The highest BCUT2D eigenvalue weighted by Crippen LogP contribution is 2.34. The fourth-order valence-corrected chi connectivity index (χ4v) is 3.16. The van der Waals surface area contributed by atoms with Crippen molar-refractivity contribution in [2.75, 3.05) is 24.9 Å². The number of methoxy groups -OCH3 is 2. The summed E-state index contributed by atoms with van der Waals surface area (Å²) in [5.74, 6) is 1.27. The molecule has 0 fully saturated rings. The van der Waals surface area contributed by atoms with Gasteiger partial charge in [0.15, 0.2) is 17.6 Å². The van der Waals surface area contributed by atoms with Gasteiger partial charge >= 0.3 is 0 Å². The van der Waals surface area contributed by atoms with Crippen LogP contribution in [0, 0.1) is 0 Å². The van der Waals surface area contributed by atoms with Crippen molar-refractivity contribution in [2.45, 2.75) is 19.4 Å². The van der Waals surface area contributed by atoms with Crippen LogP contribution >= 0.6 is 15.9 Å². The Morgan fingerprint density at radius 2 is 1.93 bits per heavy atom. The molecule has 0 unspecified atom stereocenters. The molecule has 0 aromatic heterocycles. The second-order valence-electron chi connectivity index (χ2n) is 5.98. The van der Waals surface area contributed by atoms with E-state index in [1.165, 1.54) is 0 Å². The third-order valence-corrected chi connectivity index (χ3v) is 4.84. The number of anilines is 2. The van der Waals surface area contributed by atoms with Gasteiger partial charge in [-0.05, 0) is 42.8 Å². The fraction of sp³-hybridized carbons (Fsp3) is 0.263. The zero-order valence-corrected chi connectivity index (χ0v) is 16.7. The van der Waals surface area contributed by atoms with Gasteiger partial charge in [0.25, 0.3) is 5.91 Å². The minimum Gasteiger partial charge on any atom is -0.493 e. The average Bonchev–Trinajstić information content (AvgIpc) is 2.64. The molecule has 0 saturated heterocycles. The lowest BCUT2D eigenvalue weighted by Gasteiger charge is -2.23. The SMILES string of the molecule is COc1cc(Br)c(CC(=O)Nc2ccc3c(c2)NC(=O)[C@@H](C)O3)cc1OC. The number of nitrogens with one attached hydrogen (secondary N) is 2. The van der Waals surface area contributed by atoms with Crippen LogP contribution in [0.5, 0.6) is 17.2 Å². The van der Waals surface area contributed by atoms with Crippen molar-refractivity contribution in [3.05, 3.63) is 40.4 Å². The number of hydrogen-bond donors (Lipinski definition) is 2. The van der Waals surface area contributed by atoms with E-state index in [0.29, 0.717) is 28.6 Å². The Bertz CT molecular complexity index is 900. The number of ether oxygens (including phenoxy) is 3. The Labute approximate surface area is 165 Å². The second-order valence-corrected chi connectivity index (χ2v) is 6.84. The highest BCUT2D eigenvalue weighted by atomic mass is 79.9. The van der Waals surface area contributed by atoms with Crippen LogP contribution in [0.25, 0.3) is 0 Å². The van der Waals surface area contributed by atoms with Crippen LogP contribution in [-0.4, -0.2) is 32.1 Å². The van der Waals surface area contributed by atoms with E-state index in [-0.39, 0.29) is 18.2 Å². The molecule has 2 aromatic rings. The summed E-state index contributed by atoms with van der Waals surface area (Å²) in [7, 11) is 3.09. The zero-order valence-electron chi connectivity index (χ0n) is 15.1. The fourth-order valence-electron chi connectivity index (χ4n) is 2.70. The topological polar surface area (TPSA) is 85.9 Å². The number of rotatable bonds is 5. The predicted molar refractivity (Wildman–Crippen MR) is 105 cm³/mol. The molecule has 27 heavy (non-hydrogen) atoms. The van der Waals surface area contributed by atoms with E-state index in [9.17, 15) is 9.59 Å². The Hall–Kier alpha value is -2.74. The molecule has 0 saturated carbocycles. The Kier molecular flexibility index (Phi) is 5.55. The summed E-state index contributed by atoms with van der Waals surface area (Å²) in [6.07, 6.45) is -0.405. The molecule has 0 spiro atoms. The van der Waals surface area contributed by atoms with Crippen LogP contribution < -0.4 is 24.8 Å². The molecule has 142 valence electrons. The summed E-state index contributed by atoms with van der Waals surface area (Å²) >= 11 is 3.45. The molecule has 2 amide bonds. The number of hydrogen-bond acceptors (Lipinski definition) is 5. The first-order valence-electron chi connectivity index (χ1n) is 8.23. The van der Waals surface area contributed by atoms with Crippen LogP contribution in [0.4, 0.5) is 11.4 Å². The van der Waals surface area contributed by atoms with E-state index < -0.39 is 6.10 Å². The van der Waals surface area contributed by atoms with E-state index >= 15 is 0 Å². The molecule has 1 atom stereocenters. The lowest BCUT2D eigenvalue weighted by molar-refractivity contribution is -0.122. The summed E-state index contributed by atoms with van der Waals surface area (Å²) in [5.41, 5.74) is 1.85. The maximum atomic E-state index is 12.5. The molecule has 0 bridgehead atoms. The summed E-state index contributed by atoms with van der Waals surface area (Å²) in [6, 6.07) is 8.62. The molecule has 1 aliphatic heterocycles. The normalized spacial score (nSPS) is 15.3. The molecule has 1 aliphatic rings. The molecule has 8 heteroatoms. The summed E-state index contributed by atoms with van der Waals surface area (Å²) in [4.78, 5) is 24.2. The molecule has 2 aromatic carbocycles. The lowest BCUT2D eigenvalue weighted by atomic mass is 10.1. The van der Waals surface area contributed by atoms with Gasteiger partial charge in [-0.25, -0.2) is 0 Å². The van der Waals surface area contributed by atoms with Gasteiger partial charge < -0.3 is 24.8 Å². The summed E-state index contributed by atoms with van der Waals surface area (Å²) in [5, 5.41) is 5.58. The van der Waals surface area contributed by atoms with Crippen LogP contribution in [0.3, 0.4) is 0 Å². The van der Waals surface area contributed by atoms with Crippen molar-refractivity contribution in [3.63, 3.8) is 0 Å². The minimum atomic E-state index is -0.541. The lowest BCUT2D eigenvalue weighted by Crippen LogP contribution is -2.34. The molecular formula is C19H19BrN2O5. The third-order valence-electron chi connectivity index (χ3n) is 4.10. The first kappa shape index (κ1) is 19.0. The molecule has 1 heterocycles. The highest BCUT2D eigenvalue weighted by Gasteiger charge is 2.23. The largest absolute Gasteiger partial charge is 0.493 e. The van der Waals surface area contributed by atoms with E-state index in [2.05, 4.69) is 26.6 Å². The number of carbonyl (C=O) groups excluding carboxylic acids is 2. The van der Waals surface area contributed by atoms with Gasteiger partial charge in [-0.2, -0.15) is 0 Å². The van der Waals surface area contributed by atoms with E-state index in [4.69, 9.17) is 14.2 Å². The van der Waals surface area contributed by atoms with E-state index in [1.54, 1.807) is 51.5 Å². The first-order chi connectivity index (χ1) is 12.9. The zero-order chi connectivity index (χ0) is 19.6. The van der Waals surface area contributed by atoms with Crippen LogP contribution in [-0.2, 0) is 16.0 Å². The van der Waals surface area contributed by atoms with Gasteiger partial charge in [0.2, 0.25) is 5.91 Å². The van der Waals surface area contributed by atoms with Crippen LogP contribution in [0.2, 0.25) is 0 Å². The smallest absolute Gasteiger partial charge is 0.265 e. The maximum Gasteiger partial charge on any atom is 0.265 e. The molecular weight excluding hydrogens is 416 g/mol. The van der Waals surface area contributed by atoms with Crippen molar-refractivity contribution in [2.24, 2.45) is 0 Å². The van der Waals surface area contributed by atoms with E-state index in [0.717, 1.165) is 10.0 Å². The van der Waals surface area contributed by atoms with Crippen molar-refractivity contribution < 1.29 is 23.8 Å². The predicted octanol–water partition coefficient (Wildman–Crippen LogP) is 3.37. The Balaban J connectivity index is 1.73. The second kappa shape index (κ2) is 7.87. The Morgan fingerprint density at radius 1 is 1.22 bits per heavy atom. The molecule has 0 aliphatic carbocycles. The maximum absolute atomic E-state index is 12.5. The number of fused-ring (bicyclic) bond motifs is 1. The van der Waals surface area contributed by atoms with Gasteiger partial charge in [-0.15, -0.1) is 0 Å². The molecule has 3 rings (SSSR count). The van der Waals surface area contributed by atoms with Crippen molar-refractivity contribution in [3.8, 4) is 17.2 Å². The summed E-state index contributed by atoms with van der Waals surface area (Å²) in [6.45, 7) is 1.68. The molecule has 7 nitrogen and oxygen atoms in total.